The molecule has 0 saturated heterocycles. The van der Waals surface area contributed by atoms with Crippen LogP contribution in [0, 0.1) is 66.1 Å². The summed E-state index contributed by atoms with van der Waals surface area (Å²) in [6.07, 6.45) is -0.311. The van der Waals surface area contributed by atoms with E-state index in [9.17, 15) is 50.0 Å². The molecule has 0 saturated carbocycles. The molecule has 0 aliphatic heterocycles. The van der Waals surface area contributed by atoms with Crippen molar-refractivity contribution in [2.75, 3.05) is 21.5 Å². The molecular formula is C35H34N10O10. The quantitative estimate of drug-likeness (QED) is 0.0506. The van der Waals surface area contributed by atoms with Crippen molar-refractivity contribution < 1.29 is 29.3 Å². The highest BCUT2D eigenvalue weighted by atomic mass is 16.6. The fourth-order valence-corrected chi connectivity index (χ4v) is 5.25. The number of hydrogen-bond acceptors (Lipinski definition) is 14. The van der Waals surface area contributed by atoms with Crippen LogP contribution >= 0.6 is 0 Å². The van der Waals surface area contributed by atoms with Gasteiger partial charge in [-0.25, -0.2) is 0 Å². The van der Waals surface area contributed by atoms with E-state index in [0.717, 1.165) is 36.4 Å². The summed E-state index contributed by atoms with van der Waals surface area (Å²) in [5.74, 6) is -3.74. The first-order valence-electron chi connectivity index (χ1n) is 16.3. The number of para-hydroxylation sites is 2. The van der Waals surface area contributed by atoms with Crippen LogP contribution in [-0.4, -0.2) is 42.9 Å². The molecule has 0 aromatic heterocycles. The second kappa shape index (κ2) is 17.7. The van der Waals surface area contributed by atoms with Crippen molar-refractivity contribution in [3.63, 3.8) is 0 Å². The monoisotopic (exact) mass is 754 g/mol. The summed E-state index contributed by atoms with van der Waals surface area (Å²) >= 11 is 0. The van der Waals surface area contributed by atoms with Gasteiger partial charge in [0.15, 0.2) is 0 Å². The van der Waals surface area contributed by atoms with Crippen LogP contribution in [-0.2, 0) is 9.59 Å². The Bertz CT molecular complexity index is 2090. The number of aryl methyl sites for hydroxylation is 2. The van der Waals surface area contributed by atoms with Crippen molar-refractivity contribution >= 4 is 68.7 Å². The fraction of sp³-hybridized carbons (Fsp3) is 0.200. The van der Waals surface area contributed by atoms with Gasteiger partial charge in [0.05, 0.1) is 43.7 Å². The number of non-ortho nitro benzene ring substituents is 2. The number of carbonyl (C=O) groups is 2. The van der Waals surface area contributed by atoms with Gasteiger partial charge in [-0.15, -0.1) is 0 Å². The number of nitro groups is 4. The maximum Gasteiger partial charge on any atom is 0.301 e. The van der Waals surface area contributed by atoms with Crippen LogP contribution in [0.3, 0.4) is 0 Å². The van der Waals surface area contributed by atoms with Crippen molar-refractivity contribution in [3.05, 3.63) is 137 Å². The molecule has 0 heterocycles. The highest BCUT2D eigenvalue weighted by Crippen LogP contribution is 2.31. The Hall–Kier alpha value is -7.64. The van der Waals surface area contributed by atoms with Gasteiger partial charge in [-0.1, -0.05) is 36.4 Å². The van der Waals surface area contributed by atoms with E-state index in [2.05, 4.69) is 31.7 Å². The van der Waals surface area contributed by atoms with Gasteiger partial charge in [0.2, 0.25) is 11.8 Å². The van der Waals surface area contributed by atoms with E-state index < -0.39 is 66.1 Å². The molecule has 20 nitrogen and oxygen atoms in total. The molecule has 0 radical (unpaired) electrons. The normalized spacial score (nSPS) is 12.5. The Morgan fingerprint density at radius 1 is 0.564 bits per heavy atom. The van der Waals surface area contributed by atoms with Gasteiger partial charge in [-0.2, -0.15) is 10.2 Å². The van der Waals surface area contributed by atoms with Gasteiger partial charge >= 0.3 is 11.4 Å². The summed E-state index contributed by atoms with van der Waals surface area (Å²) in [4.78, 5) is 70.9. The smallest absolute Gasteiger partial charge is 0.301 e. The van der Waals surface area contributed by atoms with Gasteiger partial charge in [-0.3, -0.25) is 60.9 Å². The van der Waals surface area contributed by atoms with E-state index in [4.69, 9.17) is 0 Å². The van der Waals surface area contributed by atoms with Crippen molar-refractivity contribution in [3.8, 4) is 0 Å². The highest BCUT2D eigenvalue weighted by molar-refractivity contribution is 6.12. The SMILES string of the molecule is C/C(=N\Nc1ccc([N+](=O)[O-])cc1[N+](=O)[O-])C(CC(C(=O)Nc1ccccc1C)/C(C)=N/Nc1ccc([N+](=O)[O-])cc1[N+](=O)[O-])C(=O)Nc1ccccc1C. The van der Waals surface area contributed by atoms with Gasteiger partial charge in [0.25, 0.3) is 11.4 Å². The number of amides is 2. The van der Waals surface area contributed by atoms with Crippen molar-refractivity contribution in [1.29, 1.82) is 0 Å². The van der Waals surface area contributed by atoms with Crippen molar-refractivity contribution in [2.24, 2.45) is 22.0 Å². The first kappa shape index (κ1) is 40.1. The second-order valence-corrected chi connectivity index (χ2v) is 12.1. The third-order valence-electron chi connectivity index (χ3n) is 8.40. The molecule has 2 unspecified atom stereocenters. The minimum atomic E-state index is -1.24. The number of benzene rings is 4. The van der Waals surface area contributed by atoms with Gasteiger partial charge in [-0.05, 0) is 69.5 Å². The predicted molar refractivity (Wildman–Crippen MR) is 204 cm³/mol. The first-order chi connectivity index (χ1) is 26.1. The average molecular weight is 755 g/mol. The number of hydrogen-bond donors (Lipinski definition) is 4. The minimum absolute atomic E-state index is 0.0409. The van der Waals surface area contributed by atoms with Crippen LogP contribution in [0.1, 0.15) is 31.4 Å². The van der Waals surface area contributed by atoms with Crippen molar-refractivity contribution in [2.45, 2.75) is 34.1 Å². The van der Waals surface area contributed by atoms with Crippen LogP contribution in [0.4, 0.5) is 45.5 Å². The molecule has 4 aromatic rings. The molecule has 0 spiro atoms. The Labute approximate surface area is 311 Å². The molecular weight excluding hydrogens is 720 g/mol. The standard InChI is InChI=1S/C35H34N10O10/c1-20-9-5-7-11-28(20)36-34(46)26(22(3)38-40-30-15-13-24(42(48)49)17-32(30)44(52)53)19-27(35(47)37-29-12-8-6-10-21(29)2)23(4)39-41-31-16-14-25(43(50)51)18-33(31)45(54)55/h5-18,26-27,40-41H,19H2,1-4H3,(H,36,46)(H,37,47)/b38-22+,39-23+. The molecule has 4 N–H and O–H groups in total. The van der Waals surface area contributed by atoms with Crippen LogP contribution in [0.25, 0.3) is 0 Å². The molecule has 20 heteroatoms. The molecule has 4 aromatic carbocycles. The number of nitro benzene ring substituents is 4. The first-order valence-corrected chi connectivity index (χ1v) is 16.3. The van der Waals surface area contributed by atoms with Crippen LogP contribution < -0.4 is 21.5 Å². The Morgan fingerprint density at radius 3 is 1.25 bits per heavy atom. The molecule has 55 heavy (non-hydrogen) atoms. The molecule has 0 bridgehead atoms. The number of rotatable bonds is 16. The second-order valence-electron chi connectivity index (χ2n) is 12.1. The largest absolute Gasteiger partial charge is 0.325 e. The number of nitrogens with zero attached hydrogens (tertiary/aromatic N) is 6. The Kier molecular flexibility index (Phi) is 12.9. The summed E-state index contributed by atoms with van der Waals surface area (Å²) in [5.41, 5.74) is 4.63. The highest BCUT2D eigenvalue weighted by Gasteiger charge is 2.33. The van der Waals surface area contributed by atoms with Gasteiger partial charge in [0.1, 0.15) is 11.4 Å². The Morgan fingerprint density at radius 2 is 0.927 bits per heavy atom. The average Bonchev–Trinajstić information content (AvgIpc) is 3.14. The number of hydrazone groups is 2. The summed E-state index contributed by atoms with van der Waals surface area (Å²) in [6, 6.07) is 19.5. The fourth-order valence-electron chi connectivity index (χ4n) is 5.25. The maximum atomic E-state index is 14.1. The number of anilines is 4. The van der Waals surface area contributed by atoms with E-state index in [1.165, 1.54) is 13.8 Å². The topological polar surface area (TPSA) is 280 Å². The zero-order valence-electron chi connectivity index (χ0n) is 29.7. The molecule has 0 aliphatic carbocycles. The van der Waals surface area contributed by atoms with E-state index >= 15 is 0 Å². The predicted octanol–water partition coefficient (Wildman–Crippen LogP) is 7.11. The van der Waals surface area contributed by atoms with Crippen molar-refractivity contribution in [1.82, 2.24) is 0 Å². The molecule has 0 fully saturated rings. The zero-order valence-corrected chi connectivity index (χ0v) is 29.7. The lowest BCUT2D eigenvalue weighted by molar-refractivity contribution is -0.393. The number of carbonyl (C=O) groups excluding carboxylic acids is 2. The third-order valence-corrected chi connectivity index (χ3v) is 8.40. The maximum absolute atomic E-state index is 14.1. The summed E-state index contributed by atoms with van der Waals surface area (Å²) in [7, 11) is 0. The summed E-state index contributed by atoms with van der Waals surface area (Å²) < 4.78 is 0. The van der Waals surface area contributed by atoms with E-state index in [0.29, 0.717) is 22.5 Å². The molecule has 284 valence electrons. The number of nitrogens with one attached hydrogen (secondary N) is 4. The van der Waals surface area contributed by atoms with E-state index in [1.54, 1.807) is 62.4 Å². The van der Waals surface area contributed by atoms with Crippen LogP contribution in [0.2, 0.25) is 0 Å². The molecule has 2 atom stereocenters. The van der Waals surface area contributed by atoms with Gasteiger partial charge in [0, 0.05) is 34.9 Å². The molecule has 4 rings (SSSR count). The molecule has 0 aliphatic rings. The van der Waals surface area contributed by atoms with Crippen LogP contribution in [0.5, 0.6) is 0 Å². The van der Waals surface area contributed by atoms with E-state index in [1.807, 2.05) is 0 Å². The third kappa shape index (κ3) is 10.2. The zero-order chi connectivity index (χ0) is 40.4. The summed E-state index contributed by atoms with van der Waals surface area (Å²) in [5, 5.41) is 60.1. The Balaban J connectivity index is 1.78. The van der Waals surface area contributed by atoms with Crippen LogP contribution in [0.15, 0.2) is 95.1 Å². The summed E-state index contributed by atoms with van der Waals surface area (Å²) in [6.45, 7) is 6.40. The lowest BCUT2D eigenvalue weighted by atomic mass is 9.87. The molecule has 2 amide bonds. The lowest BCUT2D eigenvalue weighted by Crippen LogP contribution is -2.37. The van der Waals surface area contributed by atoms with Gasteiger partial charge < -0.3 is 10.6 Å². The van der Waals surface area contributed by atoms with E-state index in [-0.39, 0.29) is 29.2 Å². The lowest BCUT2D eigenvalue weighted by Gasteiger charge is -2.24. The minimum Gasteiger partial charge on any atom is -0.325 e.